The van der Waals surface area contributed by atoms with E-state index in [0.29, 0.717) is 6.42 Å². The van der Waals surface area contributed by atoms with E-state index in [-0.39, 0.29) is 16.9 Å². The van der Waals surface area contributed by atoms with E-state index in [1.54, 1.807) is 6.07 Å². The molecule has 1 N–H and O–H groups in total. The molecule has 0 aromatic heterocycles. The Morgan fingerprint density at radius 1 is 1.35 bits per heavy atom. The fourth-order valence-corrected chi connectivity index (χ4v) is 2.41. The minimum atomic E-state index is -0.376. The second-order valence-corrected chi connectivity index (χ2v) is 4.91. The molecule has 0 bridgehead atoms. The average molecular weight is 255 g/mol. The molecule has 0 radical (unpaired) electrons. The van der Waals surface area contributed by atoms with Gasteiger partial charge in [0.25, 0.3) is 0 Å². The molecule has 1 aliphatic rings. The van der Waals surface area contributed by atoms with Crippen molar-refractivity contribution in [3.8, 4) is 0 Å². The lowest BCUT2D eigenvalue weighted by Crippen LogP contribution is -2.01. The third kappa shape index (κ3) is 3.30. The molecule has 0 saturated heterocycles. The Bertz CT molecular complexity index is 428. The molecule has 0 saturated carbocycles. The van der Waals surface area contributed by atoms with E-state index < -0.39 is 0 Å². The predicted octanol–water partition coefficient (Wildman–Crippen LogP) is 3.88. The monoisotopic (exact) mass is 254 g/mol. The van der Waals surface area contributed by atoms with Gasteiger partial charge < -0.3 is 5.11 Å². The lowest BCUT2D eigenvalue weighted by atomic mass is 10.0. The first-order valence-corrected chi connectivity index (χ1v) is 6.35. The Morgan fingerprint density at radius 3 is 3.00 bits per heavy atom. The summed E-state index contributed by atoms with van der Waals surface area (Å²) in [5, 5.41) is 9.88. The second kappa shape index (κ2) is 5.65. The van der Waals surface area contributed by atoms with Gasteiger partial charge in [-0.15, -0.1) is 0 Å². The van der Waals surface area contributed by atoms with Crippen LogP contribution in [0.1, 0.15) is 31.2 Å². The molecule has 1 atom stereocenters. The highest BCUT2D eigenvalue weighted by Gasteiger charge is 2.12. The Kier molecular flexibility index (Phi) is 4.19. The van der Waals surface area contributed by atoms with Crippen LogP contribution >= 0.6 is 11.6 Å². The zero-order chi connectivity index (χ0) is 12.3. The number of aliphatic hydroxyl groups is 1. The number of hydrogen-bond donors (Lipinski definition) is 1. The maximum absolute atomic E-state index is 13.3. The summed E-state index contributed by atoms with van der Waals surface area (Å²) >= 11 is 5.92. The molecule has 1 aromatic carbocycles. The highest BCUT2D eigenvalue weighted by atomic mass is 35.5. The van der Waals surface area contributed by atoms with E-state index in [2.05, 4.69) is 0 Å². The number of benzene rings is 1. The molecule has 0 fully saturated rings. The topological polar surface area (TPSA) is 20.2 Å². The van der Waals surface area contributed by atoms with Crippen LogP contribution in [0.3, 0.4) is 0 Å². The molecule has 0 spiro atoms. The fourth-order valence-electron chi connectivity index (χ4n) is 2.22. The van der Waals surface area contributed by atoms with Crippen LogP contribution in [0.15, 0.2) is 29.8 Å². The highest BCUT2D eigenvalue weighted by Crippen LogP contribution is 2.26. The molecular weight excluding hydrogens is 239 g/mol. The summed E-state index contributed by atoms with van der Waals surface area (Å²) in [6.45, 7) is 0. The largest absolute Gasteiger partial charge is 0.389 e. The summed E-state index contributed by atoms with van der Waals surface area (Å²) in [5.41, 5.74) is 1.95. The van der Waals surface area contributed by atoms with E-state index >= 15 is 0 Å². The summed E-state index contributed by atoms with van der Waals surface area (Å²) < 4.78 is 13.3. The minimum absolute atomic E-state index is 0.201. The van der Waals surface area contributed by atoms with E-state index in [1.165, 1.54) is 6.07 Å². The molecule has 17 heavy (non-hydrogen) atoms. The Morgan fingerprint density at radius 2 is 2.18 bits per heavy atom. The first-order valence-electron chi connectivity index (χ1n) is 5.97. The molecule has 92 valence electrons. The molecule has 0 amide bonds. The van der Waals surface area contributed by atoms with Crippen molar-refractivity contribution in [1.82, 2.24) is 0 Å². The molecule has 0 heterocycles. The van der Waals surface area contributed by atoms with Gasteiger partial charge in [0, 0.05) is 0 Å². The molecule has 1 aliphatic carbocycles. The van der Waals surface area contributed by atoms with Gasteiger partial charge in [0.05, 0.1) is 11.1 Å². The normalized spacial score (nSPS) is 20.9. The highest BCUT2D eigenvalue weighted by molar-refractivity contribution is 6.31. The van der Waals surface area contributed by atoms with Crippen molar-refractivity contribution in [1.29, 1.82) is 0 Å². The van der Waals surface area contributed by atoms with Gasteiger partial charge in [0.1, 0.15) is 5.82 Å². The van der Waals surface area contributed by atoms with E-state index in [1.807, 2.05) is 12.1 Å². The number of allylic oxidation sites excluding steroid dienone is 1. The van der Waals surface area contributed by atoms with Gasteiger partial charge in [0.15, 0.2) is 0 Å². The zero-order valence-electron chi connectivity index (χ0n) is 9.63. The third-order valence-electron chi connectivity index (χ3n) is 3.12. The summed E-state index contributed by atoms with van der Waals surface area (Å²) in [5.74, 6) is -0.376. The smallest absolute Gasteiger partial charge is 0.142 e. The van der Waals surface area contributed by atoms with Crippen LogP contribution in [0.4, 0.5) is 4.39 Å². The minimum Gasteiger partial charge on any atom is -0.389 e. The quantitative estimate of drug-likeness (QED) is 0.794. The molecule has 0 aliphatic heterocycles. The summed E-state index contributed by atoms with van der Waals surface area (Å²) in [6, 6.07) is 4.87. The van der Waals surface area contributed by atoms with Gasteiger partial charge in [-0.25, -0.2) is 4.39 Å². The van der Waals surface area contributed by atoms with Crippen molar-refractivity contribution in [2.75, 3.05) is 0 Å². The molecule has 1 nitrogen and oxygen atoms in total. The van der Waals surface area contributed by atoms with Crippen molar-refractivity contribution in [3.05, 3.63) is 46.3 Å². The van der Waals surface area contributed by atoms with E-state index in [4.69, 9.17) is 11.6 Å². The fraction of sp³-hybridized carbons (Fsp3) is 0.429. The van der Waals surface area contributed by atoms with Crippen molar-refractivity contribution in [2.24, 2.45) is 0 Å². The van der Waals surface area contributed by atoms with Gasteiger partial charge in [-0.2, -0.15) is 0 Å². The van der Waals surface area contributed by atoms with Crippen molar-refractivity contribution in [3.63, 3.8) is 0 Å². The average Bonchev–Trinajstić information content (AvgIpc) is 2.49. The first-order chi connectivity index (χ1) is 8.16. The lowest BCUT2D eigenvalue weighted by Gasteiger charge is -2.08. The Labute approximate surface area is 106 Å². The molecule has 1 unspecified atom stereocenters. The van der Waals surface area contributed by atoms with Crippen LogP contribution in [0, 0.1) is 5.82 Å². The van der Waals surface area contributed by atoms with Crippen LogP contribution in [-0.2, 0) is 6.42 Å². The van der Waals surface area contributed by atoms with E-state index in [0.717, 1.165) is 36.8 Å². The maximum Gasteiger partial charge on any atom is 0.142 e. The van der Waals surface area contributed by atoms with Crippen LogP contribution in [0.2, 0.25) is 5.02 Å². The van der Waals surface area contributed by atoms with Gasteiger partial charge in [-0.3, -0.25) is 0 Å². The van der Waals surface area contributed by atoms with Gasteiger partial charge in [-0.1, -0.05) is 41.8 Å². The summed E-state index contributed by atoms with van der Waals surface area (Å²) in [6.07, 6.45) is 6.07. The molecular formula is C14H16ClFO. The number of halogens is 2. The summed E-state index contributed by atoms with van der Waals surface area (Å²) in [7, 11) is 0. The number of hydrogen-bond acceptors (Lipinski definition) is 1. The van der Waals surface area contributed by atoms with Crippen LogP contribution in [0.25, 0.3) is 0 Å². The van der Waals surface area contributed by atoms with Crippen LogP contribution in [0.5, 0.6) is 0 Å². The molecule has 3 heteroatoms. The predicted molar refractivity (Wildman–Crippen MR) is 67.7 cm³/mol. The SMILES string of the molecule is OC1C=C(Cc2cccc(F)c2Cl)CCCC1. The Balaban J connectivity index is 2.17. The van der Waals surface area contributed by atoms with Crippen molar-refractivity contribution >= 4 is 11.6 Å². The van der Waals surface area contributed by atoms with Crippen LogP contribution in [-0.4, -0.2) is 11.2 Å². The number of rotatable bonds is 2. The first kappa shape index (κ1) is 12.6. The standard InChI is InChI=1S/C14H16ClFO/c15-14-11(5-3-7-13(14)16)8-10-4-1-2-6-12(17)9-10/h3,5,7,9,12,17H,1-2,4,6,8H2. The maximum atomic E-state index is 13.3. The third-order valence-corrected chi connectivity index (χ3v) is 3.55. The van der Waals surface area contributed by atoms with Crippen molar-refractivity contribution < 1.29 is 9.50 Å². The van der Waals surface area contributed by atoms with Gasteiger partial charge in [-0.05, 0) is 37.3 Å². The van der Waals surface area contributed by atoms with Crippen LogP contribution < -0.4 is 0 Å². The van der Waals surface area contributed by atoms with Crippen molar-refractivity contribution in [2.45, 2.75) is 38.2 Å². The van der Waals surface area contributed by atoms with Gasteiger partial charge in [0.2, 0.25) is 0 Å². The van der Waals surface area contributed by atoms with E-state index in [9.17, 15) is 9.50 Å². The molecule has 1 aromatic rings. The lowest BCUT2D eigenvalue weighted by molar-refractivity contribution is 0.211. The number of aliphatic hydroxyl groups excluding tert-OH is 1. The summed E-state index contributed by atoms with van der Waals surface area (Å²) in [4.78, 5) is 0. The molecule has 2 rings (SSSR count). The van der Waals surface area contributed by atoms with Gasteiger partial charge >= 0.3 is 0 Å². The second-order valence-electron chi connectivity index (χ2n) is 4.53. The Hall–Kier alpha value is -0.860. The zero-order valence-corrected chi connectivity index (χ0v) is 10.4.